The second-order valence-corrected chi connectivity index (χ2v) is 10.6. The molecule has 10 nitrogen and oxygen atoms in total. The molecule has 15 heteroatoms. The van der Waals surface area contributed by atoms with Gasteiger partial charge in [0.2, 0.25) is 20.0 Å². The molecule has 1 aliphatic heterocycles. The third kappa shape index (κ3) is 5.98. The highest BCUT2D eigenvalue weighted by atomic mass is 32.2. The van der Waals surface area contributed by atoms with Crippen LogP contribution in [0.3, 0.4) is 0 Å². The molecule has 0 unspecified atom stereocenters. The van der Waals surface area contributed by atoms with Gasteiger partial charge in [0.15, 0.2) is 0 Å². The lowest BCUT2D eigenvalue weighted by Gasteiger charge is -2.36. The van der Waals surface area contributed by atoms with Crippen molar-refractivity contribution in [2.24, 2.45) is 0 Å². The molecular weight excluding hydrogens is 491 g/mol. The molecule has 2 atom stereocenters. The Morgan fingerprint density at radius 2 is 1.79 bits per heavy atom. The van der Waals surface area contributed by atoms with E-state index in [0.717, 1.165) is 30.5 Å². The molecule has 1 aromatic carbocycles. The van der Waals surface area contributed by atoms with Crippen molar-refractivity contribution in [1.29, 1.82) is 0 Å². The number of benzene rings is 1. The molecule has 0 aliphatic carbocycles. The fourth-order valence-corrected chi connectivity index (χ4v) is 6.16. The number of hydrogen-bond donors (Lipinski definition) is 2. The summed E-state index contributed by atoms with van der Waals surface area (Å²) in [6.45, 7) is -0.333. The maximum Gasteiger partial charge on any atom is 0.573 e. The van der Waals surface area contributed by atoms with E-state index in [0.29, 0.717) is 4.31 Å². The van der Waals surface area contributed by atoms with E-state index < -0.39 is 55.1 Å². The molecule has 2 aromatic rings. The number of carboxylic acid groups (broad SMARTS) is 1. The zero-order chi connectivity index (χ0) is 24.4. The first-order chi connectivity index (χ1) is 15.3. The standard InChI is InChI=1S/C18H18F3N3O7S2/c19-18(20,21)31-13-3-5-14(6-4-13)33(29,30)24-9-7-12(10-16(24)17(25)26)23-32(27,28)15-2-1-8-22-11-15/h1-6,8,11-12,16,23H,7,9-10H2,(H,25,26)/t12-,16-/m1/s1. The van der Waals surface area contributed by atoms with Crippen LogP contribution in [-0.2, 0) is 24.8 Å². The Bertz CT molecular complexity index is 1210. The van der Waals surface area contributed by atoms with Gasteiger partial charge in [-0.25, -0.2) is 21.6 Å². The Labute approximate surface area is 187 Å². The summed E-state index contributed by atoms with van der Waals surface area (Å²) < 4.78 is 94.6. The van der Waals surface area contributed by atoms with Crippen molar-refractivity contribution in [2.75, 3.05) is 6.54 Å². The molecule has 1 aromatic heterocycles. The average molecular weight is 509 g/mol. The molecule has 2 N–H and O–H groups in total. The molecule has 0 bridgehead atoms. The summed E-state index contributed by atoms with van der Waals surface area (Å²) in [5.41, 5.74) is 0. The molecule has 0 amide bonds. The van der Waals surface area contributed by atoms with E-state index in [4.69, 9.17) is 0 Å². The van der Waals surface area contributed by atoms with E-state index in [1.54, 1.807) is 0 Å². The third-order valence-electron chi connectivity index (χ3n) is 4.77. The minimum absolute atomic E-state index is 0.0300. The molecule has 2 heterocycles. The second kappa shape index (κ2) is 9.24. The van der Waals surface area contributed by atoms with Gasteiger partial charge in [-0.05, 0) is 49.2 Å². The highest BCUT2D eigenvalue weighted by Crippen LogP contribution is 2.29. The fourth-order valence-electron chi connectivity index (χ4n) is 3.30. The molecule has 33 heavy (non-hydrogen) atoms. The van der Waals surface area contributed by atoms with Gasteiger partial charge in [0.25, 0.3) is 0 Å². The monoisotopic (exact) mass is 509 g/mol. The van der Waals surface area contributed by atoms with Crippen LogP contribution in [0.5, 0.6) is 5.75 Å². The Hall–Kier alpha value is -2.75. The highest BCUT2D eigenvalue weighted by molar-refractivity contribution is 7.89. The summed E-state index contributed by atoms with van der Waals surface area (Å²) in [6.07, 6.45) is -2.85. The Kier molecular flexibility index (Phi) is 6.97. The van der Waals surface area contributed by atoms with Crippen molar-refractivity contribution in [1.82, 2.24) is 14.0 Å². The van der Waals surface area contributed by atoms with Gasteiger partial charge in [0.05, 0.1) is 4.90 Å². The van der Waals surface area contributed by atoms with Crippen LogP contribution < -0.4 is 9.46 Å². The van der Waals surface area contributed by atoms with Crippen LogP contribution in [0.1, 0.15) is 12.8 Å². The van der Waals surface area contributed by atoms with Crippen molar-refractivity contribution in [3.63, 3.8) is 0 Å². The molecule has 1 saturated heterocycles. The minimum Gasteiger partial charge on any atom is -0.480 e. The SMILES string of the molecule is O=C(O)[C@H]1C[C@H](NS(=O)(=O)c2cccnc2)CCN1S(=O)(=O)c1ccc(OC(F)(F)F)cc1. The number of carbonyl (C=O) groups is 1. The quantitative estimate of drug-likeness (QED) is 0.573. The van der Waals surface area contributed by atoms with Gasteiger partial charge in [0.1, 0.15) is 16.7 Å². The van der Waals surface area contributed by atoms with Gasteiger partial charge in [-0.15, -0.1) is 13.2 Å². The first kappa shape index (κ1) is 24.9. The molecule has 180 valence electrons. The van der Waals surface area contributed by atoms with Crippen LogP contribution in [0, 0.1) is 0 Å². The zero-order valence-corrected chi connectivity index (χ0v) is 18.3. The summed E-state index contributed by atoms with van der Waals surface area (Å²) in [4.78, 5) is 15.0. The number of carboxylic acids is 1. The molecule has 3 rings (SSSR count). The summed E-state index contributed by atoms with van der Waals surface area (Å²) >= 11 is 0. The van der Waals surface area contributed by atoms with Crippen LogP contribution in [0.15, 0.2) is 58.6 Å². The van der Waals surface area contributed by atoms with Crippen molar-refractivity contribution < 1.29 is 44.6 Å². The molecule has 1 aliphatic rings. The van der Waals surface area contributed by atoms with Gasteiger partial charge < -0.3 is 9.84 Å². The smallest absolute Gasteiger partial charge is 0.480 e. The summed E-state index contributed by atoms with van der Waals surface area (Å²) in [7, 11) is -8.42. The van der Waals surface area contributed by atoms with E-state index in [1.165, 1.54) is 18.3 Å². The van der Waals surface area contributed by atoms with Crippen molar-refractivity contribution in [3.8, 4) is 5.75 Å². The normalized spacial score (nSPS) is 20.3. The predicted octanol–water partition coefficient (Wildman–Crippen LogP) is 1.56. The first-order valence-corrected chi connectivity index (χ1v) is 12.2. The zero-order valence-electron chi connectivity index (χ0n) is 16.6. The number of piperidine rings is 1. The van der Waals surface area contributed by atoms with E-state index in [1.807, 2.05) is 0 Å². The summed E-state index contributed by atoms with van der Waals surface area (Å²) in [6, 6.07) is 3.57. The van der Waals surface area contributed by atoms with Gasteiger partial charge in [-0.2, -0.15) is 4.31 Å². The maximum absolute atomic E-state index is 13.0. The first-order valence-electron chi connectivity index (χ1n) is 9.32. The number of hydrogen-bond acceptors (Lipinski definition) is 7. The number of halogens is 3. The summed E-state index contributed by atoms with van der Waals surface area (Å²) in [5, 5.41) is 9.59. The fraction of sp³-hybridized carbons (Fsp3) is 0.333. The van der Waals surface area contributed by atoms with Crippen molar-refractivity contribution in [2.45, 2.75) is 41.1 Å². The Balaban J connectivity index is 1.78. The molecule has 1 fully saturated rings. The van der Waals surface area contributed by atoms with Crippen LogP contribution in [0.2, 0.25) is 0 Å². The predicted molar refractivity (Wildman–Crippen MR) is 106 cm³/mol. The van der Waals surface area contributed by atoms with E-state index in [2.05, 4.69) is 14.4 Å². The Morgan fingerprint density at radius 1 is 1.12 bits per heavy atom. The van der Waals surface area contributed by atoms with Crippen LogP contribution in [0.4, 0.5) is 13.2 Å². The van der Waals surface area contributed by atoms with Crippen molar-refractivity contribution in [3.05, 3.63) is 48.8 Å². The summed E-state index contributed by atoms with van der Waals surface area (Å²) in [5.74, 6) is -2.14. The number of ether oxygens (including phenoxy) is 1. The minimum atomic E-state index is -4.96. The number of pyridine rings is 1. The molecule has 0 spiro atoms. The number of nitrogens with zero attached hydrogens (tertiary/aromatic N) is 2. The molecule has 0 radical (unpaired) electrons. The van der Waals surface area contributed by atoms with Gasteiger partial charge in [-0.1, -0.05) is 0 Å². The van der Waals surface area contributed by atoms with E-state index >= 15 is 0 Å². The second-order valence-electron chi connectivity index (χ2n) is 7.02. The lowest BCUT2D eigenvalue weighted by Crippen LogP contribution is -2.54. The maximum atomic E-state index is 13.0. The van der Waals surface area contributed by atoms with Crippen LogP contribution >= 0.6 is 0 Å². The average Bonchev–Trinajstić information content (AvgIpc) is 2.73. The molecule has 0 saturated carbocycles. The van der Waals surface area contributed by atoms with Gasteiger partial charge in [-0.3, -0.25) is 9.78 Å². The van der Waals surface area contributed by atoms with Crippen LogP contribution in [0.25, 0.3) is 0 Å². The van der Waals surface area contributed by atoms with Crippen LogP contribution in [-0.4, -0.2) is 62.2 Å². The van der Waals surface area contributed by atoms with E-state index in [9.17, 15) is 39.9 Å². The number of sulfonamides is 2. The third-order valence-corrected chi connectivity index (χ3v) is 8.20. The Morgan fingerprint density at radius 3 is 2.33 bits per heavy atom. The lowest BCUT2D eigenvalue weighted by atomic mass is 10.0. The number of aromatic nitrogens is 1. The molecular formula is C18H18F3N3O7S2. The number of rotatable bonds is 7. The van der Waals surface area contributed by atoms with Gasteiger partial charge in [0, 0.05) is 25.0 Å². The topological polar surface area (TPSA) is 143 Å². The van der Waals surface area contributed by atoms with Gasteiger partial charge >= 0.3 is 12.3 Å². The number of aliphatic carboxylic acids is 1. The van der Waals surface area contributed by atoms with E-state index in [-0.39, 0.29) is 24.3 Å². The number of nitrogens with one attached hydrogen (secondary N) is 1. The number of alkyl halides is 3. The van der Waals surface area contributed by atoms with Crippen molar-refractivity contribution >= 4 is 26.0 Å². The highest BCUT2D eigenvalue weighted by Gasteiger charge is 2.42. The lowest BCUT2D eigenvalue weighted by molar-refractivity contribution is -0.274. The largest absolute Gasteiger partial charge is 0.573 e.